The highest BCUT2D eigenvalue weighted by molar-refractivity contribution is 5.79. The second-order valence-corrected chi connectivity index (χ2v) is 7.21. The lowest BCUT2D eigenvalue weighted by atomic mass is 9.97. The number of aromatic nitrogens is 2. The van der Waals surface area contributed by atoms with Crippen molar-refractivity contribution < 1.29 is 4.52 Å². The molecule has 0 aliphatic carbocycles. The zero-order valence-electron chi connectivity index (χ0n) is 15.0. The first kappa shape index (κ1) is 18.5. The van der Waals surface area contributed by atoms with Crippen LogP contribution in [0.2, 0.25) is 0 Å². The van der Waals surface area contributed by atoms with E-state index >= 15 is 0 Å². The highest BCUT2D eigenvalue weighted by Gasteiger charge is 2.21. The predicted octanol–water partition coefficient (Wildman–Crippen LogP) is 2.86. The maximum Gasteiger partial charge on any atom is 0.232 e. The van der Waals surface area contributed by atoms with Crippen LogP contribution in [-0.4, -0.2) is 29.2 Å². The lowest BCUT2D eigenvalue weighted by Crippen LogP contribution is -2.42. The highest BCUT2D eigenvalue weighted by Crippen LogP contribution is 2.19. The van der Waals surface area contributed by atoms with E-state index in [0.29, 0.717) is 24.3 Å². The summed E-state index contributed by atoms with van der Waals surface area (Å²) < 4.78 is 5.28. The van der Waals surface area contributed by atoms with Crippen LogP contribution in [0.4, 0.5) is 0 Å². The van der Waals surface area contributed by atoms with E-state index in [-0.39, 0.29) is 5.41 Å². The maximum absolute atomic E-state index is 5.28. The quantitative estimate of drug-likeness (QED) is 0.624. The van der Waals surface area contributed by atoms with Crippen LogP contribution in [0, 0.1) is 5.92 Å². The Kier molecular flexibility index (Phi) is 6.84. The van der Waals surface area contributed by atoms with Gasteiger partial charge < -0.3 is 15.2 Å². The van der Waals surface area contributed by atoms with Crippen LogP contribution < -0.4 is 10.6 Å². The first-order valence-corrected chi connectivity index (χ1v) is 8.02. The first-order chi connectivity index (χ1) is 10.2. The number of rotatable bonds is 6. The van der Waals surface area contributed by atoms with E-state index in [0.717, 1.165) is 18.3 Å². The SMILES string of the molecule is CN=C(NCc1noc(C(C)(C)C)n1)NC(C)CCC(C)C. The molecule has 0 amide bonds. The van der Waals surface area contributed by atoms with Crippen LogP contribution in [0.1, 0.15) is 66.1 Å². The van der Waals surface area contributed by atoms with Crippen LogP contribution in [0.25, 0.3) is 0 Å². The van der Waals surface area contributed by atoms with Crippen LogP contribution in [-0.2, 0) is 12.0 Å². The highest BCUT2D eigenvalue weighted by atomic mass is 16.5. The summed E-state index contributed by atoms with van der Waals surface area (Å²) in [5, 5.41) is 10.6. The molecule has 0 bridgehead atoms. The van der Waals surface area contributed by atoms with Crippen LogP contribution in [0.3, 0.4) is 0 Å². The van der Waals surface area contributed by atoms with Gasteiger partial charge in [0.2, 0.25) is 5.89 Å². The molecule has 0 saturated heterocycles. The molecular weight excluding hydrogens is 278 g/mol. The monoisotopic (exact) mass is 309 g/mol. The molecule has 126 valence electrons. The van der Waals surface area contributed by atoms with Crippen molar-refractivity contribution in [2.45, 2.75) is 72.4 Å². The Morgan fingerprint density at radius 3 is 2.41 bits per heavy atom. The molecule has 0 aliphatic rings. The Morgan fingerprint density at radius 1 is 1.23 bits per heavy atom. The summed E-state index contributed by atoms with van der Waals surface area (Å²) in [4.78, 5) is 8.64. The zero-order valence-corrected chi connectivity index (χ0v) is 15.0. The first-order valence-electron chi connectivity index (χ1n) is 8.02. The minimum atomic E-state index is -0.128. The molecule has 6 heteroatoms. The summed E-state index contributed by atoms with van der Waals surface area (Å²) in [7, 11) is 1.77. The average Bonchev–Trinajstić information content (AvgIpc) is 2.90. The number of nitrogens with one attached hydrogen (secondary N) is 2. The van der Waals surface area contributed by atoms with Crippen molar-refractivity contribution in [2.75, 3.05) is 7.05 Å². The summed E-state index contributed by atoms with van der Waals surface area (Å²) in [5.74, 6) is 2.77. The van der Waals surface area contributed by atoms with Gasteiger partial charge in [-0.3, -0.25) is 4.99 Å². The van der Waals surface area contributed by atoms with Crippen molar-refractivity contribution in [1.29, 1.82) is 0 Å². The number of aliphatic imine (C=N–C) groups is 1. The summed E-state index contributed by atoms with van der Waals surface area (Å²) in [5.41, 5.74) is -0.128. The van der Waals surface area contributed by atoms with Gasteiger partial charge in [-0.2, -0.15) is 4.98 Å². The zero-order chi connectivity index (χ0) is 16.8. The topological polar surface area (TPSA) is 75.3 Å². The van der Waals surface area contributed by atoms with Crippen molar-refractivity contribution in [3.63, 3.8) is 0 Å². The van der Waals surface area contributed by atoms with Gasteiger partial charge in [0.05, 0.1) is 6.54 Å². The predicted molar refractivity (Wildman–Crippen MR) is 89.9 cm³/mol. The van der Waals surface area contributed by atoms with E-state index < -0.39 is 0 Å². The van der Waals surface area contributed by atoms with E-state index in [1.54, 1.807) is 7.05 Å². The molecule has 1 aromatic rings. The smallest absolute Gasteiger partial charge is 0.232 e. The number of guanidine groups is 1. The van der Waals surface area contributed by atoms with Gasteiger partial charge in [0.1, 0.15) is 0 Å². The van der Waals surface area contributed by atoms with E-state index in [1.165, 1.54) is 6.42 Å². The molecule has 1 aromatic heterocycles. The van der Waals surface area contributed by atoms with Crippen molar-refractivity contribution >= 4 is 5.96 Å². The fraction of sp³-hybridized carbons (Fsp3) is 0.812. The van der Waals surface area contributed by atoms with Gasteiger partial charge in [-0.1, -0.05) is 39.8 Å². The Balaban J connectivity index is 2.46. The fourth-order valence-corrected chi connectivity index (χ4v) is 1.88. The summed E-state index contributed by atoms with van der Waals surface area (Å²) in [6.07, 6.45) is 2.32. The molecule has 1 heterocycles. The Bertz CT molecular complexity index is 473. The van der Waals surface area contributed by atoms with Gasteiger partial charge in [-0.15, -0.1) is 0 Å². The third kappa shape index (κ3) is 6.45. The Morgan fingerprint density at radius 2 is 1.91 bits per heavy atom. The molecule has 0 aliphatic heterocycles. The Hall–Kier alpha value is -1.59. The standard InChI is InChI=1S/C16H31N5O/c1-11(2)8-9-12(3)19-15(17-7)18-10-13-20-14(22-21-13)16(4,5)6/h11-12H,8-10H2,1-7H3,(H2,17,18,19). The third-order valence-corrected chi connectivity index (χ3v) is 3.31. The van der Waals surface area contributed by atoms with E-state index in [1.807, 2.05) is 0 Å². The molecular formula is C16H31N5O. The van der Waals surface area contributed by atoms with Crippen molar-refractivity contribution in [3.8, 4) is 0 Å². The molecule has 6 nitrogen and oxygen atoms in total. The van der Waals surface area contributed by atoms with Crippen molar-refractivity contribution in [1.82, 2.24) is 20.8 Å². The van der Waals surface area contributed by atoms with Crippen molar-refractivity contribution in [2.24, 2.45) is 10.9 Å². The molecule has 0 spiro atoms. The molecule has 22 heavy (non-hydrogen) atoms. The lowest BCUT2D eigenvalue weighted by molar-refractivity contribution is 0.318. The van der Waals surface area contributed by atoms with Crippen molar-refractivity contribution in [3.05, 3.63) is 11.7 Å². The van der Waals surface area contributed by atoms with E-state index in [2.05, 4.69) is 67.3 Å². The fourth-order valence-electron chi connectivity index (χ4n) is 1.88. The molecule has 1 atom stereocenters. The number of nitrogens with zero attached hydrogens (tertiary/aromatic N) is 3. The number of hydrogen-bond donors (Lipinski definition) is 2. The van der Waals surface area contributed by atoms with Gasteiger partial charge in [0.25, 0.3) is 0 Å². The molecule has 1 unspecified atom stereocenters. The second-order valence-electron chi connectivity index (χ2n) is 7.21. The van der Waals surface area contributed by atoms with Gasteiger partial charge in [-0.05, 0) is 25.7 Å². The molecule has 0 radical (unpaired) electrons. The van der Waals surface area contributed by atoms with Crippen LogP contribution in [0.15, 0.2) is 9.52 Å². The van der Waals surface area contributed by atoms with Crippen LogP contribution >= 0.6 is 0 Å². The summed E-state index contributed by atoms with van der Waals surface area (Å²) in [6, 6.07) is 0.379. The minimum absolute atomic E-state index is 0.128. The average molecular weight is 309 g/mol. The maximum atomic E-state index is 5.28. The molecule has 0 fully saturated rings. The van der Waals surface area contributed by atoms with E-state index in [4.69, 9.17) is 4.52 Å². The second kappa shape index (κ2) is 8.15. The largest absolute Gasteiger partial charge is 0.354 e. The van der Waals surface area contributed by atoms with Gasteiger partial charge in [0.15, 0.2) is 11.8 Å². The van der Waals surface area contributed by atoms with Gasteiger partial charge >= 0.3 is 0 Å². The summed E-state index contributed by atoms with van der Waals surface area (Å²) in [6.45, 7) is 13.3. The molecule has 0 aromatic carbocycles. The molecule has 1 rings (SSSR count). The third-order valence-electron chi connectivity index (χ3n) is 3.31. The Labute approximate surface area is 134 Å². The van der Waals surface area contributed by atoms with Gasteiger partial charge in [0, 0.05) is 18.5 Å². The lowest BCUT2D eigenvalue weighted by Gasteiger charge is -2.18. The van der Waals surface area contributed by atoms with Gasteiger partial charge in [-0.25, -0.2) is 0 Å². The normalized spacial score (nSPS) is 14.3. The minimum Gasteiger partial charge on any atom is -0.354 e. The van der Waals surface area contributed by atoms with E-state index in [9.17, 15) is 0 Å². The molecule has 0 saturated carbocycles. The number of hydrogen-bond acceptors (Lipinski definition) is 4. The van der Waals surface area contributed by atoms with Crippen LogP contribution in [0.5, 0.6) is 0 Å². The molecule has 2 N–H and O–H groups in total. The summed E-state index contributed by atoms with van der Waals surface area (Å²) >= 11 is 0.